The van der Waals surface area contributed by atoms with E-state index in [0.717, 1.165) is 12.2 Å². The van der Waals surface area contributed by atoms with Gasteiger partial charge in [-0.15, -0.1) is 0 Å². The average Bonchev–Trinajstić information content (AvgIpc) is 2.62. The zero-order valence-corrected chi connectivity index (χ0v) is 11.3. The third kappa shape index (κ3) is 2.72. The van der Waals surface area contributed by atoms with Crippen molar-refractivity contribution >= 4 is 17.3 Å². The predicted octanol–water partition coefficient (Wildman–Crippen LogP) is 2.95. The number of nitrogens with zero attached hydrogens (tertiary/aromatic N) is 2. The lowest BCUT2D eigenvalue weighted by molar-refractivity contribution is 0.0739. The average molecular weight is 255 g/mol. The molecule has 2 heterocycles. The highest BCUT2D eigenvalue weighted by molar-refractivity contribution is 6.29. The Morgan fingerprint density at radius 1 is 1.47 bits per heavy atom. The Hall–Kier alpha value is -0.800. The molecule has 94 valence electrons. The smallest absolute Gasteiger partial charge is 0.131 e. The molecule has 1 saturated heterocycles. The van der Waals surface area contributed by atoms with E-state index in [1.165, 1.54) is 12.8 Å². The topological polar surface area (TPSA) is 36.4 Å². The normalized spacial score (nSPS) is 21.0. The van der Waals surface area contributed by atoms with Crippen molar-refractivity contribution in [2.75, 3.05) is 11.4 Å². The largest absolute Gasteiger partial charge is 0.384 e. The summed E-state index contributed by atoms with van der Waals surface area (Å²) < 4.78 is 0. The van der Waals surface area contributed by atoms with Gasteiger partial charge in [0, 0.05) is 18.3 Å². The Bertz CT molecular complexity index is 414. The second kappa shape index (κ2) is 4.46. The number of rotatable bonds is 2. The molecule has 2 rings (SSSR count). The fourth-order valence-corrected chi connectivity index (χ4v) is 2.48. The summed E-state index contributed by atoms with van der Waals surface area (Å²) in [5.41, 5.74) is 0.731. The third-order valence-electron chi connectivity index (χ3n) is 3.29. The molecule has 0 radical (unpaired) electrons. The molecule has 0 bridgehead atoms. The summed E-state index contributed by atoms with van der Waals surface area (Å²) in [6.45, 7) is 6.71. The van der Waals surface area contributed by atoms with Crippen LogP contribution in [0.1, 0.15) is 39.3 Å². The van der Waals surface area contributed by atoms with Gasteiger partial charge in [0.1, 0.15) is 10.8 Å². The molecule has 1 atom stereocenters. The van der Waals surface area contributed by atoms with E-state index in [0.29, 0.717) is 16.9 Å². The zero-order valence-electron chi connectivity index (χ0n) is 10.6. The second-order valence-corrected chi connectivity index (χ2v) is 5.66. The minimum absolute atomic E-state index is 0.443. The Morgan fingerprint density at radius 3 is 2.71 bits per heavy atom. The summed E-state index contributed by atoms with van der Waals surface area (Å²) in [6, 6.07) is 4.34. The fourth-order valence-electron chi connectivity index (χ4n) is 2.28. The molecule has 0 aromatic carbocycles. The van der Waals surface area contributed by atoms with Crippen LogP contribution in [0.5, 0.6) is 0 Å². The minimum Gasteiger partial charge on any atom is -0.384 e. The molecule has 1 N–H and O–H groups in total. The fraction of sp³-hybridized carbons (Fsp3) is 0.615. The predicted molar refractivity (Wildman–Crippen MR) is 70.5 cm³/mol. The highest BCUT2D eigenvalue weighted by Crippen LogP contribution is 2.30. The molecule has 1 aliphatic heterocycles. The van der Waals surface area contributed by atoms with Gasteiger partial charge < -0.3 is 10.0 Å². The maximum atomic E-state index is 10.0. The van der Waals surface area contributed by atoms with Crippen molar-refractivity contribution in [1.82, 2.24) is 4.98 Å². The van der Waals surface area contributed by atoms with Gasteiger partial charge in [-0.3, -0.25) is 0 Å². The number of aliphatic hydroxyl groups is 1. The van der Waals surface area contributed by atoms with E-state index in [9.17, 15) is 5.11 Å². The number of anilines is 1. The molecule has 1 aromatic rings. The second-order valence-electron chi connectivity index (χ2n) is 5.28. The molecule has 0 amide bonds. The molecule has 0 unspecified atom stereocenters. The summed E-state index contributed by atoms with van der Waals surface area (Å²) in [4.78, 5) is 6.51. The summed E-state index contributed by atoms with van der Waals surface area (Å²) in [6.07, 6.45) is 2.41. The minimum atomic E-state index is -0.956. The van der Waals surface area contributed by atoms with Crippen molar-refractivity contribution in [3.63, 3.8) is 0 Å². The summed E-state index contributed by atoms with van der Waals surface area (Å²) in [5.74, 6) is 0. The molecule has 3 nitrogen and oxygen atoms in total. The van der Waals surface area contributed by atoms with E-state index < -0.39 is 5.60 Å². The molecule has 0 spiro atoms. The molecule has 1 fully saturated rings. The van der Waals surface area contributed by atoms with Gasteiger partial charge in [-0.25, -0.2) is 4.98 Å². The number of aromatic nitrogens is 1. The lowest BCUT2D eigenvalue weighted by atomic mass is 10.0. The standard InChI is InChI=1S/C13H19ClN2O/c1-9-5-4-6-16(9)10-7-11(13(2,3)17)15-12(14)8-10/h7-9,17H,4-6H2,1-3H3/t9-/m1/s1. The monoisotopic (exact) mass is 254 g/mol. The van der Waals surface area contributed by atoms with Gasteiger partial charge in [0.05, 0.1) is 5.69 Å². The van der Waals surface area contributed by atoms with Crippen LogP contribution in [0.3, 0.4) is 0 Å². The van der Waals surface area contributed by atoms with Crippen LogP contribution in [0, 0.1) is 0 Å². The van der Waals surface area contributed by atoms with E-state index >= 15 is 0 Å². The highest BCUT2D eigenvalue weighted by atomic mass is 35.5. The maximum absolute atomic E-state index is 10.0. The molecule has 1 aliphatic rings. The quantitative estimate of drug-likeness (QED) is 0.825. The van der Waals surface area contributed by atoms with E-state index in [-0.39, 0.29) is 0 Å². The van der Waals surface area contributed by atoms with Crippen molar-refractivity contribution in [2.45, 2.75) is 45.3 Å². The first-order valence-electron chi connectivity index (χ1n) is 6.05. The lowest BCUT2D eigenvalue weighted by Gasteiger charge is -2.26. The Kier molecular flexibility index (Phi) is 3.32. The Balaban J connectivity index is 2.38. The van der Waals surface area contributed by atoms with Crippen molar-refractivity contribution in [3.8, 4) is 0 Å². The molecule has 0 saturated carbocycles. The first-order valence-corrected chi connectivity index (χ1v) is 6.43. The summed E-state index contributed by atoms with van der Waals surface area (Å²) >= 11 is 6.03. The van der Waals surface area contributed by atoms with Crippen molar-refractivity contribution in [1.29, 1.82) is 0 Å². The van der Waals surface area contributed by atoms with Crippen LogP contribution in [-0.4, -0.2) is 22.7 Å². The lowest BCUT2D eigenvalue weighted by Crippen LogP contribution is -2.27. The van der Waals surface area contributed by atoms with Gasteiger partial charge in [-0.2, -0.15) is 0 Å². The van der Waals surface area contributed by atoms with E-state index in [4.69, 9.17) is 11.6 Å². The van der Waals surface area contributed by atoms with Gasteiger partial charge in [-0.1, -0.05) is 11.6 Å². The molecular formula is C13H19ClN2O. The van der Waals surface area contributed by atoms with Gasteiger partial charge in [-0.05, 0) is 45.7 Å². The van der Waals surface area contributed by atoms with Gasteiger partial charge >= 0.3 is 0 Å². The van der Waals surface area contributed by atoms with Gasteiger partial charge in [0.2, 0.25) is 0 Å². The van der Waals surface area contributed by atoms with E-state index in [1.54, 1.807) is 13.8 Å². The summed E-state index contributed by atoms with van der Waals surface area (Å²) in [5, 5.41) is 10.5. The van der Waals surface area contributed by atoms with Crippen LogP contribution in [0.25, 0.3) is 0 Å². The molecule has 17 heavy (non-hydrogen) atoms. The number of pyridine rings is 1. The number of hydrogen-bond donors (Lipinski definition) is 1. The Labute approximate surface area is 107 Å². The van der Waals surface area contributed by atoms with Crippen LogP contribution in [0.4, 0.5) is 5.69 Å². The molecule has 0 aliphatic carbocycles. The number of hydrogen-bond acceptors (Lipinski definition) is 3. The van der Waals surface area contributed by atoms with Crippen LogP contribution < -0.4 is 4.90 Å². The third-order valence-corrected chi connectivity index (χ3v) is 3.48. The van der Waals surface area contributed by atoms with Crippen molar-refractivity contribution in [3.05, 3.63) is 23.0 Å². The molecule has 1 aromatic heterocycles. The Morgan fingerprint density at radius 2 is 2.18 bits per heavy atom. The number of halogens is 1. The highest BCUT2D eigenvalue weighted by Gasteiger charge is 2.24. The van der Waals surface area contributed by atoms with Crippen molar-refractivity contribution in [2.24, 2.45) is 0 Å². The summed E-state index contributed by atoms with van der Waals surface area (Å²) in [7, 11) is 0. The van der Waals surface area contributed by atoms with Crippen LogP contribution in [0.15, 0.2) is 12.1 Å². The van der Waals surface area contributed by atoms with Gasteiger partial charge in [0.25, 0.3) is 0 Å². The van der Waals surface area contributed by atoms with Crippen LogP contribution in [0.2, 0.25) is 5.15 Å². The van der Waals surface area contributed by atoms with E-state index in [1.807, 2.05) is 12.1 Å². The van der Waals surface area contributed by atoms with Gasteiger partial charge in [0.15, 0.2) is 0 Å². The van der Waals surface area contributed by atoms with E-state index in [2.05, 4.69) is 16.8 Å². The SMILES string of the molecule is C[C@@H]1CCCN1c1cc(Cl)nc(C(C)(C)O)c1. The van der Waals surface area contributed by atoms with Crippen molar-refractivity contribution < 1.29 is 5.11 Å². The molecular weight excluding hydrogens is 236 g/mol. The van der Waals surface area contributed by atoms with Crippen LogP contribution >= 0.6 is 11.6 Å². The first kappa shape index (κ1) is 12.7. The first-order chi connectivity index (χ1) is 7.88. The maximum Gasteiger partial charge on any atom is 0.131 e. The molecule has 4 heteroatoms. The zero-order chi connectivity index (χ0) is 12.6. The van der Waals surface area contributed by atoms with Crippen LogP contribution in [-0.2, 0) is 5.60 Å².